The zero-order valence-electron chi connectivity index (χ0n) is 24.3. The summed E-state index contributed by atoms with van der Waals surface area (Å²) in [4.78, 5) is 28.3. The van der Waals surface area contributed by atoms with Crippen molar-refractivity contribution >= 4 is 11.9 Å². The van der Waals surface area contributed by atoms with Crippen LogP contribution < -0.4 is 11.1 Å². The van der Waals surface area contributed by atoms with E-state index in [0.29, 0.717) is 36.7 Å². The fourth-order valence-electron chi connectivity index (χ4n) is 4.46. The van der Waals surface area contributed by atoms with Gasteiger partial charge in [0, 0.05) is 31.2 Å². The first kappa shape index (κ1) is 33.3. The summed E-state index contributed by atoms with van der Waals surface area (Å²) in [6.45, 7) is 12.2. The molecule has 40 heavy (non-hydrogen) atoms. The molecular weight excluding hydrogens is 519 g/mol. The van der Waals surface area contributed by atoms with E-state index in [4.69, 9.17) is 10.5 Å². The fourth-order valence-corrected chi connectivity index (χ4v) is 4.46. The van der Waals surface area contributed by atoms with Crippen molar-refractivity contribution in [2.75, 3.05) is 26.2 Å². The average molecular weight is 564 g/mol. The van der Waals surface area contributed by atoms with Crippen molar-refractivity contribution in [2.24, 2.45) is 11.7 Å². The van der Waals surface area contributed by atoms with Crippen LogP contribution in [0.5, 0.6) is 0 Å². The molecule has 2 atom stereocenters. The Hall–Kier alpha value is -2.91. The fraction of sp³-hybridized carbons (Fsp3) is 0.548. The highest BCUT2D eigenvalue weighted by molar-refractivity contribution is 5.98. The van der Waals surface area contributed by atoms with Crippen LogP contribution in [0.25, 0.3) is 0 Å². The molecule has 6 nitrogen and oxygen atoms in total. The molecule has 0 radical (unpaired) electrons. The Bertz CT molecular complexity index is 1100. The maximum absolute atomic E-state index is 13.3. The van der Waals surface area contributed by atoms with Gasteiger partial charge in [0.1, 0.15) is 6.10 Å². The van der Waals surface area contributed by atoms with Crippen molar-refractivity contribution in [3.8, 4) is 0 Å². The third kappa shape index (κ3) is 10.6. The lowest BCUT2D eigenvalue weighted by atomic mass is 9.99. The molecule has 222 valence electrons. The number of esters is 1. The number of nitrogens with two attached hydrogens (primary N) is 1. The first-order chi connectivity index (χ1) is 18.8. The summed E-state index contributed by atoms with van der Waals surface area (Å²) >= 11 is 0. The van der Waals surface area contributed by atoms with Gasteiger partial charge < -0.3 is 20.7 Å². The van der Waals surface area contributed by atoms with Crippen LogP contribution in [0.4, 0.5) is 13.2 Å². The summed E-state index contributed by atoms with van der Waals surface area (Å²) in [5, 5.41) is 3.26. The molecule has 0 aliphatic heterocycles. The second-order valence-electron chi connectivity index (χ2n) is 10.8. The normalized spacial score (nSPS) is 13.2. The molecule has 3 N–H and O–H groups in total. The Morgan fingerprint density at radius 3 is 2.27 bits per heavy atom. The minimum absolute atomic E-state index is 0.0915. The number of ether oxygens (including phenoxy) is 1. The van der Waals surface area contributed by atoms with Gasteiger partial charge >= 0.3 is 12.1 Å². The van der Waals surface area contributed by atoms with Crippen molar-refractivity contribution in [1.82, 2.24) is 10.2 Å². The number of nitrogens with one attached hydrogen (secondary N) is 1. The lowest BCUT2D eigenvalue weighted by Crippen LogP contribution is -2.46. The van der Waals surface area contributed by atoms with Crippen molar-refractivity contribution in [3.05, 3.63) is 70.3 Å². The van der Waals surface area contributed by atoms with E-state index in [0.717, 1.165) is 37.0 Å². The van der Waals surface area contributed by atoms with Crippen LogP contribution in [-0.4, -0.2) is 55.1 Å². The van der Waals surface area contributed by atoms with Crippen LogP contribution in [0.3, 0.4) is 0 Å². The van der Waals surface area contributed by atoms with Gasteiger partial charge in [0.15, 0.2) is 0 Å². The number of hydrogen-bond donors (Lipinski definition) is 2. The lowest BCUT2D eigenvalue weighted by Gasteiger charge is -2.26. The summed E-state index contributed by atoms with van der Waals surface area (Å²) in [6.07, 6.45) is -2.63. The highest BCUT2D eigenvalue weighted by Gasteiger charge is 2.31. The number of carbonyl (C=O) groups is 2. The number of nitrogens with zero attached hydrogens (tertiary/aromatic N) is 1. The Morgan fingerprint density at radius 2 is 1.68 bits per heavy atom. The zero-order valence-corrected chi connectivity index (χ0v) is 24.3. The molecule has 2 rings (SSSR count). The van der Waals surface area contributed by atoms with Crippen LogP contribution in [0, 0.1) is 12.8 Å². The molecule has 2 aromatic carbocycles. The number of aryl methyl sites for hydroxylation is 1. The lowest BCUT2D eigenvalue weighted by molar-refractivity contribution is -0.137. The van der Waals surface area contributed by atoms with E-state index in [1.54, 1.807) is 23.1 Å². The van der Waals surface area contributed by atoms with E-state index in [9.17, 15) is 22.8 Å². The van der Waals surface area contributed by atoms with Gasteiger partial charge in [0.2, 0.25) is 0 Å². The molecule has 0 aliphatic carbocycles. The topological polar surface area (TPSA) is 84.7 Å². The van der Waals surface area contributed by atoms with Crippen molar-refractivity contribution in [3.63, 3.8) is 0 Å². The molecule has 2 unspecified atom stereocenters. The first-order valence-corrected chi connectivity index (χ1v) is 14.1. The van der Waals surface area contributed by atoms with Crippen molar-refractivity contribution in [2.45, 2.75) is 78.6 Å². The minimum atomic E-state index is -4.46. The van der Waals surface area contributed by atoms with E-state index in [2.05, 4.69) is 19.2 Å². The van der Waals surface area contributed by atoms with Gasteiger partial charge in [-0.05, 0) is 80.5 Å². The predicted molar refractivity (Wildman–Crippen MR) is 152 cm³/mol. The molecule has 0 fully saturated rings. The molecule has 0 bridgehead atoms. The zero-order chi connectivity index (χ0) is 29.9. The largest absolute Gasteiger partial charge is 0.456 e. The van der Waals surface area contributed by atoms with Gasteiger partial charge in [-0.3, -0.25) is 4.79 Å². The van der Waals surface area contributed by atoms with Gasteiger partial charge in [-0.15, -0.1) is 0 Å². The number of benzene rings is 2. The monoisotopic (exact) mass is 563 g/mol. The summed E-state index contributed by atoms with van der Waals surface area (Å²) < 4.78 is 45.5. The maximum Gasteiger partial charge on any atom is 0.416 e. The number of halogens is 3. The van der Waals surface area contributed by atoms with Crippen LogP contribution >= 0.6 is 0 Å². The highest BCUT2D eigenvalue weighted by Crippen LogP contribution is 2.30. The van der Waals surface area contributed by atoms with Crippen LogP contribution in [0.15, 0.2) is 42.5 Å². The second kappa shape index (κ2) is 15.8. The molecule has 0 spiro atoms. The van der Waals surface area contributed by atoms with Gasteiger partial charge in [0.25, 0.3) is 5.91 Å². The minimum Gasteiger partial charge on any atom is -0.456 e. The number of alkyl halides is 3. The number of amides is 1. The van der Waals surface area contributed by atoms with Crippen molar-refractivity contribution < 1.29 is 27.5 Å². The standard InChI is InChI=1S/C31H44F3N3O3/c1-6-13-37(14-7-2)29(38)24-15-22(5)16-25(19-24)30(39)40-28(20-36-12-11-21(3)4)27(35)18-23-9-8-10-26(17-23)31(32,33)34/h8-10,15-17,19,21,27-28,36H,6-7,11-14,18,20,35H2,1-5H3. The molecule has 0 saturated heterocycles. The second-order valence-corrected chi connectivity index (χ2v) is 10.8. The average Bonchev–Trinajstić information content (AvgIpc) is 2.88. The summed E-state index contributed by atoms with van der Waals surface area (Å²) in [5.74, 6) is -0.310. The quantitative estimate of drug-likeness (QED) is 0.205. The molecule has 0 heterocycles. The van der Waals surface area contributed by atoms with Gasteiger partial charge in [-0.1, -0.05) is 45.9 Å². The Labute approximate surface area is 236 Å². The Balaban J connectivity index is 2.26. The van der Waals surface area contributed by atoms with Gasteiger partial charge in [-0.2, -0.15) is 13.2 Å². The molecule has 0 aromatic heterocycles. The smallest absolute Gasteiger partial charge is 0.416 e. The van der Waals surface area contributed by atoms with E-state index >= 15 is 0 Å². The van der Waals surface area contributed by atoms with E-state index in [1.165, 1.54) is 12.1 Å². The van der Waals surface area contributed by atoms with Crippen LogP contribution in [0.2, 0.25) is 0 Å². The summed E-state index contributed by atoms with van der Waals surface area (Å²) in [6, 6.07) is 9.20. The SMILES string of the molecule is CCCN(CCC)C(=O)c1cc(C)cc(C(=O)OC(CNCCC(C)C)C(N)Cc2cccc(C(F)(F)F)c2)c1. The van der Waals surface area contributed by atoms with Crippen molar-refractivity contribution in [1.29, 1.82) is 0 Å². The third-order valence-electron chi connectivity index (χ3n) is 6.54. The Kier molecular flexibility index (Phi) is 13.1. The van der Waals surface area contributed by atoms with Gasteiger partial charge in [0.05, 0.1) is 11.1 Å². The molecule has 9 heteroatoms. The van der Waals surface area contributed by atoms with Gasteiger partial charge in [-0.25, -0.2) is 4.79 Å². The molecule has 0 aliphatic rings. The molecule has 0 saturated carbocycles. The van der Waals surface area contributed by atoms with E-state index in [1.807, 2.05) is 20.8 Å². The molecule has 2 aromatic rings. The van der Waals surface area contributed by atoms with Crippen LogP contribution in [0.1, 0.15) is 84.4 Å². The van der Waals surface area contributed by atoms with E-state index < -0.39 is 29.9 Å². The Morgan fingerprint density at radius 1 is 1.02 bits per heavy atom. The number of carbonyl (C=O) groups excluding carboxylic acids is 2. The van der Waals surface area contributed by atoms with Crippen LogP contribution in [-0.2, 0) is 17.3 Å². The molecular formula is C31H44F3N3O3. The predicted octanol–water partition coefficient (Wildman–Crippen LogP) is 6.01. The summed E-state index contributed by atoms with van der Waals surface area (Å²) in [5.41, 5.74) is 7.47. The highest BCUT2D eigenvalue weighted by atomic mass is 19.4. The third-order valence-corrected chi connectivity index (χ3v) is 6.54. The summed E-state index contributed by atoms with van der Waals surface area (Å²) in [7, 11) is 0. The molecule has 1 amide bonds. The number of hydrogen-bond acceptors (Lipinski definition) is 5. The first-order valence-electron chi connectivity index (χ1n) is 14.1. The van der Waals surface area contributed by atoms with E-state index in [-0.39, 0.29) is 24.4 Å². The number of rotatable bonds is 15. The maximum atomic E-state index is 13.3.